The van der Waals surface area contributed by atoms with Gasteiger partial charge in [-0.3, -0.25) is 10.1 Å². The highest BCUT2D eigenvalue weighted by Crippen LogP contribution is 2.25. The van der Waals surface area contributed by atoms with Crippen LogP contribution in [-0.2, 0) is 0 Å². The van der Waals surface area contributed by atoms with Gasteiger partial charge in [-0.05, 0) is 18.6 Å². The Morgan fingerprint density at radius 1 is 1.42 bits per heavy atom. The molecular weight excluding hydrogens is 283 g/mol. The second-order valence-corrected chi connectivity index (χ2v) is 4.77. The maximum absolute atomic E-state index is 11.8. The summed E-state index contributed by atoms with van der Waals surface area (Å²) in [5.41, 5.74) is 0.429. The summed E-state index contributed by atoms with van der Waals surface area (Å²) in [6.45, 7) is 3.98. The highest BCUT2D eigenvalue weighted by Gasteiger charge is 2.12. The Hall–Kier alpha value is -1.68. The molecule has 0 fully saturated rings. The largest absolute Gasteiger partial charge is 0.281 e. The Bertz CT molecular complexity index is 571. The molecule has 1 unspecified atom stereocenters. The van der Waals surface area contributed by atoms with Gasteiger partial charge in [0, 0.05) is 17.5 Å². The number of amides is 1. The van der Waals surface area contributed by atoms with Gasteiger partial charge in [0.25, 0.3) is 5.91 Å². The molecule has 0 aliphatic carbocycles. The van der Waals surface area contributed by atoms with E-state index < -0.39 is 5.91 Å². The van der Waals surface area contributed by atoms with Gasteiger partial charge in [0.2, 0.25) is 0 Å². The summed E-state index contributed by atoms with van der Waals surface area (Å²) in [6.07, 6.45) is 0.914. The lowest BCUT2D eigenvalue weighted by molar-refractivity contribution is 0.0973. The zero-order valence-electron chi connectivity index (χ0n) is 10.6. The van der Waals surface area contributed by atoms with Crippen molar-refractivity contribution in [3.05, 3.63) is 33.3 Å². The molecule has 1 rings (SSSR count). The molecule has 0 aromatic heterocycles. The molecule has 1 atom stereocenters. The molecule has 3 nitrogen and oxygen atoms in total. The molecule has 1 aromatic rings. The zero-order chi connectivity index (χ0) is 14.4. The number of nitriles is 1. The van der Waals surface area contributed by atoms with E-state index in [1.807, 2.05) is 19.9 Å². The maximum atomic E-state index is 11.8. The summed E-state index contributed by atoms with van der Waals surface area (Å²) < 4.78 is 0. The Balaban J connectivity index is 2.90. The molecule has 0 radical (unpaired) electrons. The second kappa shape index (κ2) is 7.04. The molecule has 19 heavy (non-hydrogen) atoms. The monoisotopic (exact) mass is 294 g/mol. The molecule has 0 bridgehead atoms. The number of benzene rings is 1. The highest BCUT2D eigenvalue weighted by atomic mass is 35.5. The first-order chi connectivity index (χ1) is 8.99. The fourth-order valence-electron chi connectivity index (χ4n) is 1.20. The summed E-state index contributed by atoms with van der Waals surface area (Å²) in [4.78, 5) is 11.8. The molecule has 0 spiro atoms. The highest BCUT2D eigenvalue weighted by molar-refractivity contribution is 6.37. The van der Waals surface area contributed by atoms with E-state index in [1.165, 1.54) is 12.1 Å². The number of nitrogens with one attached hydrogen (secondary N) is 1. The normalized spacial score (nSPS) is 10.9. The Morgan fingerprint density at radius 3 is 2.47 bits per heavy atom. The van der Waals surface area contributed by atoms with Crippen LogP contribution in [0.5, 0.6) is 0 Å². The van der Waals surface area contributed by atoms with Gasteiger partial charge in [-0.1, -0.05) is 43.0 Å². The van der Waals surface area contributed by atoms with E-state index >= 15 is 0 Å². The van der Waals surface area contributed by atoms with Gasteiger partial charge in [0.05, 0.1) is 15.6 Å². The second-order valence-electron chi connectivity index (χ2n) is 3.96. The number of nitrogens with zero attached hydrogens (tertiary/aromatic N) is 1. The summed E-state index contributed by atoms with van der Waals surface area (Å²) in [7, 11) is 0. The average molecular weight is 295 g/mol. The van der Waals surface area contributed by atoms with Gasteiger partial charge in [-0.25, -0.2) is 0 Å². The smallest absolute Gasteiger partial charge is 0.262 e. The third kappa shape index (κ3) is 4.17. The minimum Gasteiger partial charge on any atom is -0.281 e. The van der Waals surface area contributed by atoms with Gasteiger partial charge in [-0.15, -0.1) is 0 Å². The van der Waals surface area contributed by atoms with E-state index in [-0.39, 0.29) is 27.1 Å². The van der Waals surface area contributed by atoms with Gasteiger partial charge in [0.1, 0.15) is 6.07 Å². The lowest BCUT2D eigenvalue weighted by atomic mass is 10.1. The van der Waals surface area contributed by atoms with E-state index in [1.54, 1.807) is 0 Å². The van der Waals surface area contributed by atoms with Crippen molar-refractivity contribution < 1.29 is 4.79 Å². The van der Waals surface area contributed by atoms with Crippen molar-refractivity contribution in [1.29, 1.82) is 5.26 Å². The first-order valence-corrected chi connectivity index (χ1v) is 6.45. The van der Waals surface area contributed by atoms with Crippen LogP contribution in [-0.4, -0.2) is 5.91 Å². The lowest BCUT2D eigenvalue weighted by Crippen LogP contribution is -2.18. The van der Waals surface area contributed by atoms with Crippen LogP contribution in [0.4, 0.5) is 0 Å². The summed E-state index contributed by atoms with van der Waals surface area (Å²) in [5, 5.41) is 11.6. The topological polar surface area (TPSA) is 52.9 Å². The minimum absolute atomic E-state index is 0.148. The minimum atomic E-state index is -0.399. The van der Waals surface area contributed by atoms with Crippen LogP contribution in [0.1, 0.15) is 36.2 Å². The molecular formula is C14H12Cl2N2O. The van der Waals surface area contributed by atoms with Gasteiger partial charge in [-0.2, -0.15) is 5.26 Å². The first-order valence-electron chi connectivity index (χ1n) is 5.69. The van der Waals surface area contributed by atoms with Crippen molar-refractivity contribution in [2.45, 2.75) is 20.3 Å². The number of rotatable bonds is 2. The number of halogens is 2. The number of carbonyl (C=O) groups excluding carboxylic acids is 1. The summed E-state index contributed by atoms with van der Waals surface area (Å²) >= 11 is 11.7. The van der Waals surface area contributed by atoms with Crippen LogP contribution >= 0.6 is 23.2 Å². The van der Waals surface area contributed by atoms with Gasteiger partial charge >= 0.3 is 0 Å². The van der Waals surface area contributed by atoms with Crippen LogP contribution < -0.4 is 5.32 Å². The number of carbonyl (C=O) groups is 1. The summed E-state index contributed by atoms with van der Waals surface area (Å²) in [6, 6.07) is 7.26. The molecule has 0 saturated heterocycles. The van der Waals surface area contributed by atoms with Crippen molar-refractivity contribution in [3.8, 4) is 18.0 Å². The van der Waals surface area contributed by atoms with Crippen LogP contribution in [0, 0.1) is 29.2 Å². The fourth-order valence-corrected chi connectivity index (χ4v) is 1.77. The van der Waals surface area contributed by atoms with E-state index in [9.17, 15) is 4.79 Å². The van der Waals surface area contributed by atoms with Crippen LogP contribution in [0.2, 0.25) is 10.0 Å². The molecule has 1 aromatic carbocycles. The Labute approximate surface area is 122 Å². The molecule has 0 aliphatic rings. The van der Waals surface area contributed by atoms with E-state index in [0.717, 1.165) is 6.42 Å². The molecule has 0 aliphatic heterocycles. The lowest BCUT2D eigenvalue weighted by Gasteiger charge is -2.03. The quantitative estimate of drug-likeness (QED) is 0.669. The SMILES string of the molecule is CCC(C)C#CNC(=O)c1cc(Cl)c(C#N)c(Cl)c1. The fraction of sp³-hybridized carbons (Fsp3) is 0.286. The van der Waals surface area contributed by atoms with Gasteiger partial charge < -0.3 is 0 Å². The molecule has 1 amide bonds. The maximum Gasteiger partial charge on any atom is 0.262 e. The number of hydrogen-bond acceptors (Lipinski definition) is 2. The van der Waals surface area contributed by atoms with Crippen molar-refractivity contribution in [2.75, 3.05) is 0 Å². The third-order valence-electron chi connectivity index (χ3n) is 2.52. The number of hydrogen-bond donors (Lipinski definition) is 1. The first kappa shape index (κ1) is 15.4. The predicted octanol–water partition coefficient (Wildman–Crippen LogP) is 3.60. The third-order valence-corrected chi connectivity index (χ3v) is 3.12. The summed E-state index contributed by atoms with van der Waals surface area (Å²) in [5.74, 6) is 2.70. The zero-order valence-corrected chi connectivity index (χ0v) is 12.1. The molecule has 1 N–H and O–H groups in total. The van der Waals surface area contributed by atoms with E-state index in [0.29, 0.717) is 0 Å². The van der Waals surface area contributed by atoms with E-state index in [2.05, 4.69) is 17.3 Å². The predicted molar refractivity (Wildman–Crippen MR) is 75.9 cm³/mol. The van der Waals surface area contributed by atoms with Crippen LogP contribution in [0.3, 0.4) is 0 Å². The van der Waals surface area contributed by atoms with Crippen molar-refractivity contribution in [1.82, 2.24) is 5.32 Å². The molecule has 98 valence electrons. The molecule has 5 heteroatoms. The van der Waals surface area contributed by atoms with Crippen LogP contribution in [0.25, 0.3) is 0 Å². The van der Waals surface area contributed by atoms with Crippen LogP contribution in [0.15, 0.2) is 12.1 Å². The Morgan fingerprint density at radius 2 is 2.00 bits per heavy atom. The standard InChI is InChI=1S/C14H12Cl2N2O/c1-3-9(2)4-5-18-14(19)10-6-12(15)11(8-17)13(16)7-10/h6-7,9H,3H2,1-2H3,(H,18,19). The molecule has 0 heterocycles. The Kier molecular flexibility index (Phi) is 5.70. The van der Waals surface area contributed by atoms with Crippen molar-refractivity contribution in [3.63, 3.8) is 0 Å². The van der Waals surface area contributed by atoms with Crippen molar-refractivity contribution in [2.24, 2.45) is 5.92 Å². The molecule has 0 saturated carbocycles. The average Bonchev–Trinajstić information content (AvgIpc) is 2.37. The van der Waals surface area contributed by atoms with E-state index in [4.69, 9.17) is 28.5 Å². The van der Waals surface area contributed by atoms with Gasteiger partial charge in [0.15, 0.2) is 0 Å². The van der Waals surface area contributed by atoms with Crippen molar-refractivity contribution >= 4 is 29.1 Å².